The van der Waals surface area contributed by atoms with Gasteiger partial charge in [0.2, 0.25) is 0 Å². The summed E-state index contributed by atoms with van der Waals surface area (Å²) in [6.07, 6.45) is 9.02. The number of rotatable bonds is 0. The number of hydrogen-bond donors (Lipinski definition) is 0. The molecule has 130 valence electrons. The molecule has 0 N–H and O–H groups in total. The van der Waals surface area contributed by atoms with Gasteiger partial charge in [-0.2, -0.15) is 0 Å². The Hall–Kier alpha value is -0.930. The van der Waals surface area contributed by atoms with Crippen LogP contribution in [-0.2, 0) is 14.3 Å². The second kappa shape index (κ2) is 5.28. The molecule has 1 aliphatic heterocycles. The molecule has 7 atom stereocenters. The monoisotopic (exact) mass is 328 g/mol. The van der Waals surface area contributed by atoms with Crippen LogP contribution in [0.4, 0.5) is 0 Å². The first-order chi connectivity index (χ1) is 11.6. The Balaban J connectivity index is 1.49. The third kappa shape index (κ3) is 2.00. The molecule has 3 saturated carbocycles. The molecule has 0 aromatic heterocycles. The lowest BCUT2D eigenvalue weighted by Gasteiger charge is -2.54. The molecule has 0 radical (unpaired) electrons. The Morgan fingerprint density at radius 1 is 1.21 bits per heavy atom. The summed E-state index contributed by atoms with van der Waals surface area (Å²) in [4.78, 5) is 12.5. The molecule has 0 amide bonds. The minimum atomic E-state index is -0.124. The topological polar surface area (TPSA) is 35.5 Å². The molecular weight excluding hydrogens is 300 g/mol. The van der Waals surface area contributed by atoms with Gasteiger partial charge in [0.1, 0.15) is 11.9 Å². The summed E-state index contributed by atoms with van der Waals surface area (Å²) in [6.45, 7) is 8.14. The number of hydrogen-bond acceptors (Lipinski definition) is 3. The summed E-state index contributed by atoms with van der Waals surface area (Å²) in [5, 5.41) is 0. The van der Waals surface area contributed by atoms with Crippen LogP contribution in [0.3, 0.4) is 0 Å². The van der Waals surface area contributed by atoms with Crippen LogP contribution in [0.2, 0.25) is 0 Å². The number of Topliss-reactive ketones (excluding diaryl/α,β-unsaturated/α-hetero) is 1. The lowest BCUT2D eigenvalue weighted by atomic mass is 9.51. The van der Waals surface area contributed by atoms with Crippen LogP contribution < -0.4 is 0 Å². The van der Waals surface area contributed by atoms with Crippen LogP contribution in [0.25, 0.3) is 0 Å². The van der Waals surface area contributed by atoms with Gasteiger partial charge in [0.15, 0.2) is 0 Å². The van der Waals surface area contributed by atoms with Gasteiger partial charge in [-0.1, -0.05) is 30.7 Å². The van der Waals surface area contributed by atoms with Crippen LogP contribution in [0.15, 0.2) is 23.8 Å². The molecule has 0 aromatic rings. The molecule has 24 heavy (non-hydrogen) atoms. The molecule has 4 fully saturated rings. The zero-order valence-electron chi connectivity index (χ0n) is 14.6. The van der Waals surface area contributed by atoms with Crippen molar-refractivity contribution in [3.05, 3.63) is 23.8 Å². The second-order valence-corrected chi connectivity index (χ2v) is 8.88. The maximum atomic E-state index is 12.5. The minimum absolute atomic E-state index is 0.124. The van der Waals surface area contributed by atoms with Crippen molar-refractivity contribution in [3.63, 3.8) is 0 Å². The number of allylic oxidation sites excluding steroid dienone is 2. The number of carbonyl (C=O) groups is 1. The number of ether oxygens (including phenoxy) is 2. The van der Waals surface area contributed by atoms with Gasteiger partial charge in [0.25, 0.3) is 0 Å². The van der Waals surface area contributed by atoms with Gasteiger partial charge >= 0.3 is 0 Å². The molecule has 0 bridgehead atoms. The van der Waals surface area contributed by atoms with Crippen LogP contribution in [-0.4, -0.2) is 31.2 Å². The highest BCUT2D eigenvalue weighted by Crippen LogP contribution is 2.62. The first-order valence-corrected chi connectivity index (χ1v) is 9.73. The van der Waals surface area contributed by atoms with Gasteiger partial charge in [-0.05, 0) is 55.8 Å². The van der Waals surface area contributed by atoms with E-state index >= 15 is 0 Å². The number of carbonyl (C=O) groups excluding carboxylic acids is 1. The van der Waals surface area contributed by atoms with Gasteiger partial charge < -0.3 is 9.47 Å². The fourth-order valence-corrected chi connectivity index (χ4v) is 6.78. The third-order valence-electron chi connectivity index (χ3n) is 7.81. The standard InChI is InChI=1S/C21H28O3/c1-12-11-21(2)16(5-6-19(21)22)14-4-3-13-9-17-18(24-8-7-23-17)10-15(13)20(12)14/h9,14-18,20H,1,3-8,10-11H2,2H3/t14-,15-,16-,17?,18?,20-,21-/m0/s1. The zero-order chi connectivity index (χ0) is 16.5. The van der Waals surface area contributed by atoms with Crippen molar-refractivity contribution >= 4 is 5.78 Å². The zero-order valence-corrected chi connectivity index (χ0v) is 14.6. The van der Waals surface area contributed by atoms with Crippen LogP contribution >= 0.6 is 0 Å². The van der Waals surface area contributed by atoms with Crippen LogP contribution in [0.5, 0.6) is 0 Å². The summed E-state index contributed by atoms with van der Waals surface area (Å²) in [5.41, 5.74) is 2.79. The highest BCUT2D eigenvalue weighted by molar-refractivity contribution is 5.87. The van der Waals surface area contributed by atoms with Gasteiger partial charge in [-0.3, -0.25) is 4.79 Å². The largest absolute Gasteiger partial charge is 0.373 e. The SMILES string of the molecule is C=C1C[C@]2(C)C(=O)CC[C@H]2[C@@H]2CCC3=CC4OCCOC4C[C@@H]3[C@@H]12. The van der Waals surface area contributed by atoms with Gasteiger partial charge in [-0.15, -0.1) is 0 Å². The Kier molecular flexibility index (Phi) is 3.37. The van der Waals surface area contributed by atoms with E-state index in [1.165, 1.54) is 18.4 Å². The Bertz CT molecular complexity index is 621. The van der Waals surface area contributed by atoms with E-state index in [2.05, 4.69) is 19.6 Å². The van der Waals surface area contributed by atoms with E-state index in [-0.39, 0.29) is 17.6 Å². The lowest BCUT2D eigenvalue weighted by molar-refractivity contribution is -0.138. The van der Waals surface area contributed by atoms with Crippen LogP contribution in [0, 0.1) is 29.1 Å². The molecule has 0 aromatic carbocycles. The Labute approximate surface area is 144 Å². The molecule has 1 heterocycles. The molecule has 1 saturated heterocycles. The van der Waals surface area contributed by atoms with E-state index in [0.29, 0.717) is 29.5 Å². The molecule has 3 heteroatoms. The summed E-state index contributed by atoms with van der Waals surface area (Å²) >= 11 is 0. The highest BCUT2D eigenvalue weighted by atomic mass is 16.6. The molecular formula is C21H28O3. The van der Waals surface area contributed by atoms with E-state index < -0.39 is 0 Å². The van der Waals surface area contributed by atoms with E-state index in [0.717, 1.165) is 38.9 Å². The van der Waals surface area contributed by atoms with Gasteiger partial charge in [0, 0.05) is 11.8 Å². The predicted molar refractivity (Wildman–Crippen MR) is 91.5 cm³/mol. The normalized spacial score (nSPS) is 50.5. The second-order valence-electron chi connectivity index (χ2n) is 8.88. The van der Waals surface area contributed by atoms with Crippen molar-refractivity contribution in [1.29, 1.82) is 0 Å². The maximum Gasteiger partial charge on any atom is 0.139 e. The summed E-state index contributed by atoms with van der Waals surface area (Å²) in [7, 11) is 0. The van der Waals surface area contributed by atoms with Crippen molar-refractivity contribution < 1.29 is 14.3 Å². The Morgan fingerprint density at radius 2 is 2.04 bits per heavy atom. The molecule has 2 unspecified atom stereocenters. The van der Waals surface area contributed by atoms with E-state index in [9.17, 15) is 4.79 Å². The van der Waals surface area contributed by atoms with Crippen molar-refractivity contribution in [2.45, 2.75) is 57.7 Å². The van der Waals surface area contributed by atoms with Crippen molar-refractivity contribution in [1.82, 2.24) is 0 Å². The van der Waals surface area contributed by atoms with Crippen molar-refractivity contribution in [2.75, 3.05) is 13.2 Å². The average molecular weight is 328 g/mol. The summed E-state index contributed by atoms with van der Waals surface area (Å²) < 4.78 is 11.9. The summed E-state index contributed by atoms with van der Waals surface area (Å²) in [5.74, 6) is 2.83. The number of fused-ring (bicyclic) bond motifs is 6. The molecule has 0 spiro atoms. The quantitative estimate of drug-likeness (QED) is 0.636. The fourth-order valence-electron chi connectivity index (χ4n) is 6.78. The first-order valence-electron chi connectivity index (χ1n) is 9.73. The van der Waals surface area contributed by atoms with Gasteiger partial charge in [0.05, 0.1) is 19.3 Å². The van der Waals surface area contributed by atoms with E-state index in [1.54, 1.807) is 5.57 Å². The molecule has 3 nitrogen and oxygen atoms in total. The van der Waals surface area contributed by atoms with Gasteiger partial charge in [-0.25, -0.2) is 0 Å². The van der Waals surface area contributed by atoms with Crippen molar-refractivity contribution in [3.8, 4) is 0 Å². The smallest absolute Gasteiger partial charge is 0.139 e. The Morgan fingerprint density at radius 3 is 2.92 bits per heavy atom. The van der Waals surface area contributed by atoms with E-state index in [1.807, 2.05) is 0 Å². The predicted octanol–water partition coefficient (Wildman–Crippen LogP) is 3.69. The fraction of sp³-hybridized carbons (Fsp3) is 0.762. The first kappa shape index (κ1) is 15.3. The molecule has 5 rings (SSSR count). The highest BCUT2D eigenvalue weighted by Gasteiger charge is 2.57. The minimum Gasteiger partial charge on any atom is -0.373 e. The molecule has 5 aliphatic rings. The van der Waals surface area contributed by atoms with E-state index in [4.69, 9.17) is 9.47 Å². The summed E-state index contributed by atoms with van der Waals surface area (Å²) in [6, 6.07) is 0. The average Bonchev–Trinajstić information content (AvgIpc) is 2.87. The third-order valence-corrected chi connectivity index (χ3v) is 7.81. The molecule has 4 aliphatic carbocycles. The number of ketones is 1. The lowest BCUT2D eigenvalue weighted by Crippen LogP contribution is -2.50. The van der Waals surface area contributed by atoms with Crippen LogP contribution in [0.1, 0.15) is 45.4 Å². The van der Waals surface area contributed by atoms with Crippen molar-refractivity contribution in [2.24, 2.45) is 29.1 Å². The maximum absolute atomic E-state index is 12.5.